The van der Waals surface area contributed by atoms with Gasteiger partial charge in [0.15, 0.2) is 0 Å². The van der Waals surface area contributed by atoms with Crippen LogP contribution in [0.5, 0.6) is 0 Å². The SMILES string of the molecule is O=C(NCC(O)Cc1ccccc1)c1cc([N+](=O)[O-])ccc1Cl. The van der Waals surface area contributed by atoms with E-state index in [1.807, 2.05) is 30.3 Å². The van der Waals surface area contributed by atoms with Crippen molar-refractivity contribution < 1.29 is 14.8 Å². The second kappa shape index (κ2) is 7.71. The van der Waals surface area contributed by atoms with Gasteiger partial charge >= 0.3 is 0 Å². The maximum atomic E-state index is 12.1. The molecule has 0 bridgehead atoms. The Kier molecular flexibility index (Phi) is 5.67. The molecule has 0 aliphatic carbocycles. The van der Waals surface area contributed by atoms with E-state index in [-0.39, 0.29) is 22.8 Å². The molecule has 1 amide bonds. The quantitative estimate of drug-likeness (QED) is 0.627. The van der Waals surface area contributed by atoms with Gasteiger partial charge in [0.1, 0.15) is 0 Å². The Morgan fingerprint density at radius 2 is 1.96 bits per heavy atom. The molecular formula is C16H15ClN2O4. The zero-order valence-electron chi connectivity index (χ0n) is 12.1. The van der Waals surface area contributed by atoms with Crippen LogP contribution in [0.25, 0.3) is 0 Å². The number of carbonyl (C=O) groups excluding carboxylic acids is 1. The summed E-state index contributed by atoms with van der Waals surface area (Å²) < 4.78 is 0. The number of rotatable bonds is 6. The van der Waals surface area contributed by atoms with Crippen molar-refractivity contribution in [3.63, 3.8) is 0 Å². The summed E-state index contributed by atoms with van der Waals surface area (Å²) in [5.74, 6) is -0.564. The van der Waals surface area contributed by atoms with Gasteiger partial charge in [-0.2, -0.15) is 0 Å². The van der Waals surface area contributed by atoms with E-state index in [9.17, 15) is 20.0 Å². The molecule has 0 heterocycles. The van der Waals surface area contributed by atoms with Crippen LogP contribution >= 0.6 is 11.6 Å². The molecule has 0 aliphatic rings. The van der Waals surface area contributed by atoms with Crippen molar-refractivity contribution in [1.29, 1.82) is 0 Å². The molecule has 2 aromatic carbocycles. The Hall–Kier alpha value is -2.44. The molecule has 7 heteroatoms. The number of carbonyl (C=O) groups is 1. The highest BCUT2D eigenvalue weighted by atomic mass is 35.5. The normalized spacial score (nSPS) is 11.7. The van der Waals surface area contributed by atoms with Gasteiger partial charge in [-0.05, 0) is 11.6 Å². The number of nitrogens with one attached hydrogen (secondary N) is 1. The van der Waals surface area contributed by atoms with Crippen LogP contribution in [0.2, 0.25) is 5.02 Å². The lowest BCUT2D eigenvalue weighted by Gasteiger charge is -2.12. The van der Waals surface area contributed by atoms with Gasteiger partial charge < -0.3 is 10.4 Å². The van der Waals surface area contributed by atoms with Gasteiger partial charge in [-0.1, -0.05) is 41.9 Å². The van der Waals surface area contributed by atoms with Crippen molar-refractivity contribution in [2.75, 3.05) is 6.54 Å². The molecule has 1 unspecified atom stereocenters. The number of hydrogen-bond acceptors (Lipinski definition) is 4. The predicted molar refractivity (Wildman–Crippen MR) is 86.6 cm³/mol. The number of nitro benzene ring substituents is 1. The molecule has 2 rings (SSSR count). The molecule has 2 N–H and O–H groups in total. The monoisotopic (exact) mass is 334 g/mol. The number of nitrogens with zero attached hydrogens (tertiary/aromatic N) is 1. The molecular weight excluding hydrogens is 320 g/mol. The summed E-state index contributed by atoms with van der Waals surface area (Å²) in [6.07, 6.45) is -0.372. The lowest BCUT2D eigenvalue weighted by molar-refractivity contribution is -0.384. The molecule has 0 radical (unpaired) electrons. The fourth-order valence-electron chi connectivity index (χ4n) is 2.06. The van der Waals surface area contributed by atoms with Crippen molar-refractivity contribution in [2.24, 2.45) is 0 Å². The molecule has 0 aromatic heterocycles. The van der Waals surface area contributed by atoms with Crippen LogP contribution < -0.4 is 5.32 Å². The van der Waals surface area contributed by atoms with Gasteiger partial charge in [-0.3, -0.25) is 14.9 Å². The van der Waals surface area contributed by atoms with Crippen LogP contribution in [0.1, 0.15) is 15.9 Å². The minimum Gasteiger partial charge on any atom is -0.391 e. The highest BCUT2D eigenvalue weighted by Crippen LogP contribution is 2.21. The largest absolute Gasteiger partial charge is 0.391 e. The molecule has 0 fully saturated rings. The summed E-state index contributed by atoms with van der Waals surface area (Å²) >= 11 is 5.89. The molecule has 2 aromatic rings. The van der Waals surface area contributed by atoms with E-state index < -0.39 is 16.9 Å². The Morgan fingerprint density at radius 1 is 1.26 bits per heavy atom. The summed E-state index contributed by atoms with van der Waals surface area (Å²) in [6.45, 7) is 0.0206. The lowest BCUT2D eigenvalue weighted by Crippen LogP contribution is -2.33. The van der Waals surface area contributed by atoms with E-state index in [2.05, 4.69) is 5.32 Å². The molecule has 1 atom stereocenters. The Labute approximate surface area is 137 Å². The van der Waals surface area contributed by atoms with Gasteiger partial charge in [-0.25, -0.2) is 0 Å². The van der Waals surface area contributed by atoms with E-state index >= 15 is 0 Å². The summed E-state index contributed by atoms with van der Waals surface area (Å²) in [7, 11) is 0. The second-order valence-corrected chi connectivity index (χ2v) is 5.38. The molecule has 120 valence electrons. The number of nitro groups is 1. The van der Waals surface area contributed by atoms with Gasteiger partial charge in [0, 0.05) is 25.1 Å². The summed E-state index contributed by atoms with van der Waals surface area (Å²) in [5, 5.41) is 23.3. The van der Waals surface area contributed by atoms with Crippen molar-refractivity contribution in [3.05, 3.63) is 74.8 Å². The van der Waals surface area contributed by atoms with Gasteiger partial charge in [0.2, 0.25) is 0 Å². The van der Waals surface area contributed by atoms with E-state index in [1.165, 1.54) is 12.1 Å². The predicted octanol–water partition coefficient (Wildman–Crippen LogP) is 2.58. The topological polar surface area (TPSA) is 92.5 Å². The zero-order chi connectivity index (χ0) is 16.8. The van der Waals surface area contributed by atoms with Crippen LogP contribution in [0, 0.1) is 10.1 Å². The third kappa shape index (κ3) is 4.77. The molecule has 0 spiro atoms. The summed E-state index contributed by atoms with van der Waals surface area (Å²) in [6, 6.07) is 13.0. The molecule has 0 saturated heterocycles. The third-order valence-electron chi connectivity index (χ3n) is 3.22. The van der Waals surface area contributed by atoms with Gasteiger partial charge in [0.25, 0.3) is 11.6 Å². The van der Waals surface area contributed by atoms with Crippen molar-refractivity contribution in [3.8, 4) is 0 Å². The average molecular weight is 335 g/mol. The average Bonchev–Trinajstić information content (AvgIpc) is 2.53. The van der Waals surface area contributed by atoms with Crippen molar-refractivity contribution >= 4 is 23.2 Å². The third-order valence-corrected chi connectivity index (χ3v) is 3.55. The number of aliphatic hydroxyl groups is 1. The number of hydrogen-bond donors (Lipinski definition) is 2. The number of benzene rings is 2. The van der Waals surface area contributed by atoms with Crippen molar-refractivity contribution in [1.82, 2.24) is 5.32 Å². The highest BCUT2D eigenvalue weighted by Gasteiger charge is 2.16. The van der Waals surface area contributed by atoms with Crippen LogP contribution in [-0.4, -0.2) is 28.6 Å². The number of halogens is 1. The number of non-ortho nitro benzene ring substituents is 1. The first-order valence-electron chi connectivity index (χ1n) is 6.91. The zero-order valence-corrected chi connectivity index (χ0v) is 12.9. The minimum atomic E-state index is -0.765. The lowest BCUT2D eigenvalue weighted by atomic mass is 10.1. The van der Waals surface area contributed by atoms with Crippen molar-refractivity contribution in [2.45, 2.75) is 12.5 Å². The Bertz CT molecular complexity index is 706. The van der Waals surface area contributed by atoms with Crippen LogP contribution in [0.4, 0.5) is 5.69 Å². The minimum absolute atomic E-state index is 0.00720. The Morgan fingerprint density at radius 3 is 2.61 bits per heavy atom. The van der Waals surface area contributed by atoms with Crippen LogP contribution in [-0.2, 0) is 6.42 Å². The molecule has 6 nitrogen and oxygen atoms in total. The standard InChI is InChI=1S/C16H15ClN2O4/c17-15-7-6-12(19(22)23)9-14(15)16(21)18-10-13(20)8-11-4-2-1-3-5-11/h1-7,9,13,20H,8,10H2,(H,18,21). The maximum absolute atomic E-state index is 12.1. The van der Waals surface area contributed by atoms with E-state index in [4.69, 9.17) is 11.6 Å². The first-order chi connectivity index (χ1) is 11.0. The van der Waals surface area contributed by atoms with E-state index in [0.29, 0.717) is 6.42 Å². The molecule has 0 saturated carbocycles. The summed E-state index contributed by atoms with van der Waals surface area (Å²) in [4.78, 5) is 22.2. The van der Waals surface area contributed by atoms with E-state index in [0.717, 1.165) is 11.6 Å². The van der Waals surface area contributed by atoms with Crippen LogP contribution in [0.15, 0.2) is 48.5 Å². The number of amides is 1. The summed E-state index contributed by atoms with van der Waals surface area (Å²) in [5.41, 5.74) is 0.736. The van der Waals surface area contributed by atoms with Gasteiger partial charge in [0.05, 0.1) is 21.6 Å². The first kappa shape index (κ1) is 16.9. The van der Waals surface area contributed by atoms with E-state index in [1.54, 1.807) is 0 Å². The Balaban J connectivity index is 1.97. The van der Waals surface area contributed by atoms with Crippen LogP contribution in [0.3, 0.4) is 0 Å². The smallest absolute Gasteiger partial charge is 0.270 e. The molecule has 23 heavy (non-hydrogen) atoms. The first-order valence-corrected chi connectivity index (χ1v) is 7.29. The second-order valence-electron chi connectivity index (χ2n) is 4.97. The fourth-order valence-corrected chi connectivity index (χ4v) is 2.27. The highest BCUT2D eigenvalue weighted by molar-refractivity contribution is 6.33. The fraction of sp³-hybridized carbons (Fsp3) is 0.188. The van der Waals surface area contributed by atoms with Gasteiger partial charge in [-0.15, -0.1) is 0 Å². The number of aliphatic hydroxyl groups excluding tert-OH is 1. The maximum Gasteiger partial charge on any atom is 0.270 e. The molecule has 0 aliphatic heterocycles.